The molecule has 4 rings (SSSR count). The maximum atomic E-state index is 11.6. The van der Waals surface area contributed by atoms with Crippen LogP contribution in [0.1, 0.15) is 16.8 Å². The van der Waals surface area contributed by atoms with Crippen molar-refractivity contribution in [3.05, 3.63) is 52.4 Å². The average Bonchev–Trinajstić information content (AvgIpc) is 2.67. The lowest BCUT2D eigenvalue weighted by molar-refractivity contribution is 0.242. The van der Waals surface area contributed by atoms with E-state index in [0.29, 0.717) is 24.7 Å². The Labute approximate surface area is 168 Å². The SMILES string of the molecule is COc1ccc2nc(Cl)c(CN3CCc4nc(S(C)(=O)=O)ncc4C3)cc2c1. The third-order valence-electron chi connectivity index (χ3n) is 4.76. The summed E-state index contributed by atoms with van der Waals surface area (Å²) in [7, 11) is -1.77. The lowest BCUT2D eigenvalue weighted by Gasteiger charge is -2.28. The molecule has 0 fully saturated rings. The van der Waals surface area contributed by atoms with Gasteiger partial charge in [0.1, 0.15) is 10.9 Å². The quantitative estimate of drug-likeness (QED) is 0.475. The zero-order chi connectivity index (χ0) is 19.9. The van der Waals surface area contributed by atoms with E-state index in [9.17, 15) is 8.42 Å². The van der Waals surface area contributed by atoms with E-state index in [2.05, 4.69) is 19.9 Å². The minimum absolute atomic E-state index is 0.115. The maximum Gasteiger partial charge on any atom is 0.246 e. The number of fused-ring (bicyclic) bond motifs is 2. The molecule has 0 amide bonds. The Morgan fingerprint density at radius 3 is 2.82 bits per heavy atom. The van der Waals surface area contributed by atoms with Gasteiger partial charge in [0.15, 0.2) is 0 Å². The van der Waals surface area contributed by atoms with E-state index in [4.69, 9.17) is 16.3 Å². The highest BCUT2D eigenvalue weighted by molar-refractivity contribution is 7.90. The van der Waals surface area contributed by atoms with Crippen molar-refractivity contribution < 1.29 is 13.2 Å². The first kappa shape index (κ1) is 19.0. The van der Waals surface area contributed by atoms with Crippen LogP contribution in [-0.2, 0) is 29.3 Å². The average molecular weight is 419 g/mol. The standard InChI is InChI=1S/C19H19ClN4O3S/c1-27-15-3-4-16-12(8-15)7-13(18(20)22-16)10-24-6-5-17-14(11-24)9-21-19(23-17)28(2,25)26/h3-4,7-9H,5-6,10-11H2,1-2H3. The van der Waals surface area contributed by atoms with Crippen molar-refractivity contribution >= 4 is 32.3 Å². The van der Waals surface area contributed by atoms with Crippen molar-refractivity contribution in [2.75, 3.05) is 19.9 Å². The Bertz CT molecular complexity index is 1170. The van der Waals surface area contributed by atoms with Gasteiger partial charge in [0.05, 0.1) is 18.3 Å². The summed E-state index contributed by atoms with van der Waals surface area (Å²) in [6.07, 6.45) is 3.39. The molecule has 9 heteroatoms. The number of ether oxygens (including phenoxy) is 1. The van der Waals surface area contributed by atoms with E-state index in [1.807, 2.05) is 24.3 Å². The van der Waals surface area contributed by atoms with Gasteiger partial charge in [-0.3, -0.25) is 4.90 Å². The fourth-order valence-corrected chi connectivity index (χ4v) is 4.05. The second-order valence-electron chi connectivity index (χ2n) is 6.85. The van der Waals surface area contributed by atoms with E-state index in [-0.39, 0.29) is 5.16 Å². The minimum atomic E-state index is -3.40. The molecule has 0 saturated carbocycles. The van der Waals surface area contributed by atoms with Crippen LogP contribution in [0.3, 0.4) is 0 Å². The van der Waals surface area contributed by atoms with Gasteiger partial charge in [-0.1, -0.05) is 11.6 Å². The molecular formula is C19H19ClN4O3S. The number of methoxy groups -OCH3 is 1. The Balaban J connectivity index is 1.58. The summed E-state index contributed by atoms with van der Waals surface area (Å²) in [5.41, 5.74) is 3.48. The molecule has 2 aromatic heterocycles. The highest BCUT2D eigenvalue weighted by Crippen LogP contribution is 2.27. The fraction of sp³-hybridized carbons (Fsp3) is 0.316. The van der Waals surface area contributed by atoms with Crippen LogP contribution in [0.5, 0.6) is 5.75 Å². The van der Waals surface area contributed by atoms with Crippen LogP contribution in [0.2, 0.25) is 5.15 Å². The smallest absolute Gasteiger partial charge is 0.246 e. The van der Waals surface area contributed by atoms with Gasteiger partial charge < -0.3 is 4.74 Å². The Morgan fingerprint density at radius 1 is 1.25 bits per heavy atom. The number of hydrogen-bond acceptors (Lipinski definition) is 7. The summed E-state index contributed by atoms with van der Waals surface area (Å²) in [5, 5.41) is 1.33. The first-order valence-electron chi connectivity index (χ1n) is 8.74. The van der Waals surface area contributed by atoms with Gasteiger partial charge >= 0.3 is 0 Å². The van der Waals surface area contributed by atoms with Crippen LogP contribution >= 0.6 is 11.6 Å². The molecule has 0 saturated heterocycles. The molecular weight excluding hydrogens is 400 g/mol. The van der Waals surface area contributed by atoms with Crippen LogP contribution in [0.4, 0.5) is 0 Å². The van der Waals surface area contributed by atoms with Crippen LogP contribution in [0.15, 0.2) is 35.6 Å². The van der Waals surface area contributed by atoms with E-state index in [1.54, 1.807) is 13.3 Å². The molecule has 0 unspecified atom stereocenters. The lowest BCUT2D eigenvalue weighted by Crippen LogP contribution is -2.31. The van der Waals surface area contributed by atoms with Gasteiger partial charge in [0.25, 0.3) is 0 Å². The van der Waals surface area contributed by atoms with Crippen LogP contribution < -0.4 is 4.74 Å². The summed E-state index contributed by atoms with van der Waals surface area (Å²) in [4.78, 5) is 14.9. The topological polar surface area (TPSA) is 85.3 Å². The minimum Gasteiger partial charge on any atom is -0.497 e. The lowest BCUT2D eigenvalue weighted by atomic mass is 10.1. The number of rotatable bonds is 4. The summed E-state index contributed by atoms with van der Waals surface area (Å²) >= 11 is 6.41. The summed E-state index contributed by atoms with van der Waals surface area (Å²) in [6, 6.07) is 7.72. The van der Waals surface area contributed by atoms with Gasteiger partial charge in [0.2, 0.25) is 15.0 Å². The molecule has 0 N–H and O–H groups in total. The first-order chi connectivity index (χ1) is 13.3. The number of benzene rings is 1. The molecule has 0 radical (unpaired) electrons. The number of hydrogen-bond donors (Lipinski definition) is 0. The zero-order valence-corrected chi connectivity index (χ0v) is 17.1. The second kappa shape index (κ2) is 7.27. The monoisotopic (exact) mass is 418 g/mol. The third-order valence-corrected chi connectivity index (χ3v) is 5.95. The summed E-state index contributed by atoms with van der Waals surface area (Å²) < 4.78 is 28.6. The number of aromatic nitrogens is 3. The van der Waals surface area contributed by atoms with E-state index in [1.165, 1.54) is 0 Å². The van der Waals surface area contributed by atoms with E-state index in [0.717, 1.165) is 46.3 Å². The summed E-state index contributed by atoms with van der Waals surface area (Å²) in [6.45, 7) is 2.01. The predicted molar refractivity (Wildman–Crippen MR) is 106 cm³/mol. The van der Waals surface area contributed by atoms with Crippen molar-refractivity contribution in [1.82, 2.24) is 19.9 Å². The van der Waals surface area contributed by atoms with Crippen LogP contribution in [0, 0.1) is 0 Å². The molecule has 1 aliphatic heterocycles. The third kappa shape index (κ3) is 3.80. The van der Waals surface area contributed by atoms with Crippen molar-refractivity contribution in [2.24, 2.45) is 0 Å². The van der Waals surface area contributed by atoms with Crippen molar-refractivity contribution in [3.8, 4) is 5.75 Å². The molecule has 0 spiro atoms. The van der Waals surface area contributed by atoms with Crippen molar-refractivity contribution in [2.45, 2.75) is 24.7 Å². The molecule has 28 heavy (non-hydrogen) atoms. The van der Waals surface area contributed by atoms with E-state index >= 15 is 0 Å². The molecule has 0 aliphatic carbocycles. The number of pyridine rings is 1. The molecule has 7 nitrogen and oxygen atoms in total. The molecule has 0 atom stereocenters. The van der Waals surface area contributed by atoms with Gasteiger partial charge in [-0.25, -0.2) is 23.4 Å². The van der Waals surface area contributed by atoms with Crippen LogP contribution in [-0.4, -0.2) is 48.2 Å². The van der Waals surface area contributed by atoms with Gasteiger partial charge in [-0.2, -0.15) is 0 Å². The fourth-order valence-electron chi connectivity index (χ4n) is 3.32. The summed E-state index contributed by atoms with van der Waals surface area (Å²) in [5.74, 6) is 0.772. The first-order valence-corrected chi connectivity index (χ1v) is 11.0. The Hall–Kier alpha value is -2.29. The van der Waals surface area contributed by atoms with Gasteiger partial charge in [0, 0.05) is 55.0 Å². The maximum absolute atomic E-state index is 11.6. The molecule has 0 bridgehead atoms. The van der Waals surface area contributed by atoms with Crippen molar-refractivity contribution in [1.29, 1.82) is 0 Å². The largest absolute Gasteiger partial charge is 0.497 e. The molecule has 146 valence electrons. The van der Waals surface area contributed by atoms with Crippen LogP contribution in [0.25, 0.3) is 10.9 Å². The zero-order valence-electron chi connectivity index (χ0n) is 15.5. The highest BCUT2D eigenvalue weighted by Gasteiger charge is 2.22. The number of sulfone groups is 1. The Kier molecular flexibility index (Phi) is 4.95. The molecule has 1 aliphatic rings. The van der Waals surface area contributed by atoms with E-state index < -0.39 is 9.84 Å². The molecule has 3 aromatic rings. The number of halogens is 1. The van der Waals surface area contributed by atoms with Gasteiger partial charge in [-0.15, -0.1) is 0 Å². The highest BCUT2D eigenvalue weighted by atomic mass is 35.5. The normalized spacial score (nSPS) is 14.8. The predicted octanol–water partition coefficient (Wildman–Crippen LogP) is 2.65. The Morgan fingerprint density at radius 2 is 2.07 bits per heavy atom. The van der Waals surface area contributed by atoms with Gasteiger partial charge in [-0.05, 0) is 24.3 Å². The number of nitrogens with zero attached hydrogens (tertiary/aromatic N) is 4. The molecule has 3 heterocycles. The second-order valence-corrected chi connectivity index (χ2v) is 9.12. The van der Waals surface area contributed by atoms with Crippen molar-refractivity contribution in [3.63, 3.8) is 0 Å². The molecule has 1 aromatic carbocycles.